The second-order valence-electron chi connectivity index (χ2n) is 4.23. The van der Waals surface area contributed by atoms with Crippen LogP contribution in [-0.4, -0.2) is 54.5 Å². The number of rotatable bonds is 4. The molecule has 0 unspecified atom stereocenters. The number of hydrogen-bond donors (Lipinski definition) is 0. The lowest BCUT2D eigenvalue weighted by Gasteiger charge is -2.39. The van der Waals surface area contributed by atoms with Gasteiger partial charge in [-0.2, -0.15) is 0 Å². The van der Waals surface area contributed by atoms with E-state index in [2.05, 4.69) is 0 Å². The fourth-order valence-corrected chi connectivity index (χ4v) is 2.90. The lowest BCUT2D eigenvalue weighted by molar-refractivity contribution is -0.235. The molecule has 4 atom stereocenters. The third kappa shape index (κ3) is 4.77. The summed E-state index contributed by atoms with van der Waals surface area (Å²) in [6.07, 6.45) is -2.32. The Morgan fingerprint density at radius 2 is 1.70 bits per heavy atom. The summed E-state index contributed by atoms with van der Waals surface area (Å²) in [6, 6.07) is 0. The molecule has 0 aromatic heterocycles. The summed E-state index contributed by atoms with van der Waals surface area (Å²) in [7, 11) is 1.41. The minimum atomic E-state index is -0.829. The summed E-state index contributed by atoms with van der Waals surface area (Å²) in [5.41, 5.74) is 0. The molecular formula is C12H18O7S. The number of thioether (sulfide) groups is 1. The molecule has 1 rings (SSSR count). The molecule has 0 saturated carbocycles. The first-order valence-corrected chi connectivity index (χ1v) is 6.89. The second-order valence-corrected chi connectivity index (χ2v) is 5.59. The van der Waals surface area contributed by atoms with Crippen molar-refractivity contribution in [1.29, 1.82) is 0 Å². The van der Waals surface area contributed by atoms with Gasteiger partial charge in [0.05, 0.1) is 11.9 Å². The standard InChI is InChI=1S/C12H18O7S/c1-6(13)18-9-5-17-12(16-4)10(19-7(2)14)11(9)20-8(3)15/h9-12H,5H2,1-4H3/t9-,10+,11-,12-/m0/s1. The van der Waals surface area contributed by atoms with Gasteiger partial charge in [0.25, 0.3) is 0 Å². The van der Waals surface area contributed by atoms with Gasteiger partial charge in [-0.15, -0.1) is 0 Å². The lowest BCUT2D eigenvalue weighted by atomic mass is 10.1. The number of esters is 2. The van der Waals surface area contributed by atoms with Gasteiger partial charge in [-0.1, -0.05) is 11.8 Å². The van der Waals surface area contributed by atoms with Crippen molar-refractivity contribution in [1.82, 2.24) is 0 Å². The Labute approximate surface area is 121 Å². The highest BCUT2D eigenvalue weighted by molar-refractivity contribution is 8.14. The summed E-state index contributed by atoms with van der Waals surface area (Å²) >= 11 is 0.941. The Morgan fingerprint density at radius 3 is 2.15 bits per heavy atom. The average molecular weight is 306 g/mol. The van der Waals surface area contributed by atoms with Crippen LogP contribution in [0.25, 0.3) is 0 Å². The fraction of sp³-hybridized carbons (Fsp3) is 0.750. The van der Waals surface area contributed by atoms with E-state index in [4.69, 9.17) is 18.9 Å². The highest BCUT2D eigenvalue weighted by Gasteiger charge is 2.45. The third-order valence-corrected chi connectivity index (χ3v) is 3.71. The average Bonchev–Trinajstić information content (AvgIpc) is 2.31. The molecule has 7 nitrogen and oxygen atoms in total. The Bertz CT molecular complexity index is 384. The summed E-state index contributed by atoms with van der Waals surface area (Å²) in [4.78, 5) is 33.7. The molecule has 0 aromatic carbocycles. The highest BCUT2D eigenvalue weighted by atomic mass is 32.2. The quantitative estimate of drug-likeness (QED) is 0.694. The third-order valence-electron chi connectivity index (χ3n) is 2.54. The van der Waals surface area contributed by atoms with Gasteiger partial charge in [-0.25, -0.2) is 0 Å². The minimum Gasteiger partial charge on any atom is -0.459 e. The highest BCUT2D eigenvalue weighted by Crippen LogP contribution is 2.31. The Kier molecular flexibility index (Phi) is 6.44. The van der Waals surface area contributed by atoms with Crippen molar-refractivity contribution in [2.45, 2.75) is 44.5 Å². The number of ether oxygens (including phenoxy) is 4. The monoisotopic (exact) mass is 306 g/mol. The molecule has 0 amide bonds. The Hall–Kier alpha value is -1.12. The van der Waals surface area contributed by atoms with Crippen LogP contribution in [0.4, 0.5) is 0 Å². The summed E-state index contributed by atoms with van der Waals surface area (Å²) in [5.74, 6) is -1.02. The van der Waals surface area contributed by atoms with E-state index >= 15 is 0 Å². The van der Waals surface area contributed by atoms with Crippen molar-refractivity contribution in [3.8, 4) is 0 Å². The number of hydrogen-bond acceptors (Lipinski definition) is 8. The van der Waals surface area contributed by atoms with E-state index in [9.17, 15) is 14.4 Å². The van der Waals surface area contributed by atoms with E-state index in [1.54, 1.807) is 0 Å². The molecule has 1 aliphatic heterocycles. The zero-order valence-corrected chi connectivity index (χ0v) is 12.6. The van der Waals surface area contributed by atoms with Crippen molar-refractivity contribution >= 4 is 28.8 Å². The van der Waals surface area contributed by atoms with E-state index in [0.29, 0.717) is 0 Å². The fourth-order valence-electron chi connectivity index (χ4n) is 1.91. The minimum absolute atomic E-state index is 0.0702. The maximum absolute atomic E-state index is 11.4. The molecule has 0 aliphatic carbocycles. The molecule has 0 N–H and O–H groups in total. The molecule has 114 valence electrons. The van der Waals surface area contributed by atoms with Gasteiger partial charge in [-0.05, 0) is 0 Å². The molecule has 1 aliphatic rings. The van der Waals surface area contributed by atoms with Gasteiger partial charge >= 0.3 is 11.9 Å². The zero-order valence-electron chi connectivity index (χ0n) is 11.8. The van der Waals surface area contributed by atoms with Gasteiger partial charge < -0.3 is 18.9 Å². The SMILES string of the molecule is CO[C@H]1OC[C@H](OC(C)=O)[C@H](SC(C)=O)[C@H]1OC(C)=O. The van der Waals surface area contributed by atoms with Gasteiger partial charge in [-0.3, -0.25) is 14.4 Å². The Morgan fingerprint density at radius 1 is 1.10 bits per heavy atom. The molecule has 20 heavy (non-hydrogen) atoms. The molecule has 0 bridgehead atoms. The van der Waals surface area contributed by atoms with Crippen LogP contribution in [0.3, 0.4) is 0 Å². The zero-order chi connectivity index (χ0) is 15.3. The van der Waals surface area contributed by atoms with Gasteiger partial charge in [0.1, 0.15) is 6.10 Å². The molecule has 0 aromatic rings. The van der Waals surface area contributed by atoms with E-state index in [0.717, 1.165) is 11.8 Å². The number of methoxy groups -OCH3 is 1. The van der Waals surface area contributed by atoms with Crippen LogP contribution in [0.5, 0.6) is 0 Å². The smallest absolute Gasteiger partial charge is 0.303 e. The van der Waals surface area contributed by atoms with Crippen LogP contribution in [0.2, 0.25) is 0 Å². The Balaban J connectivity index is 2.95. The molecular weight excluding hydrogens is 288 g/mol. The van der Waals surface area contributed by atoms with Crippen LogP contribution in [0, 0.1) is 0 Å². The summed E-state index contributed by atoms with van der Waals surface area (Å²) in [5, 5.41) is -0.750. The lowest BCUT2D eigenvalue weighted by Crippen LogP contribution is -2.55. The predicted octanol–water partition coefficient (Wildman–Crippen LogP) is 0.501. The van der Waals surface area contributed by atoms with E-state index < -0.39 is 35.7 Å². The topological polar surface area (TPSA) is 88.1 Å². The molecule has 1 heterocycles. The van der Waals surface area contributed by atoms with Crippen molar-refractivity contribution in [3.63, 3.8) is 0 Å². The van der Waals surface area contributed by atoms with Crippen LogP contribution in [0.1, 0.15) is 20.8 Å². The van der Waals surface area contributed by atoms with Gasteiger partial charge in [0.15, 0.2) is 17.5 Å². The maximum Gasteiger partial charge on any atom is 0.303 e. The van der Waals surface area contributed by atoms with Crippen molar-refractivity contribution < 1.29 is 33.3 Å². The molecule has 1 fully saturated rings. The van der Waals surface area contributed by atoms with Crippen molar-refractivity contribution in [3.05, 3.63) is 0 Å². The molecule has 1 saturated heterocycles. The molecule has 8 heteroatoms. The number of carbonyl (C=O) groups excluding carboxylic acids is 3. The molecule has 0 spiro atoms. The molecule has 0 radical (unpaired) electrons. The normalized spacial score (nSPS) is 29.6. The summed E-state index contributed by atoms with van der Waals surface area (Å²) in [6.45, 7) is 3.97. The largest absolute Gasteiger partial charge is 0.459 e. The van der Waals surface area contributed by atoms with Gasteiger partial charge in [0.2, 0.25) is 0 Å². The maximum atomic E-state index is 11.4. The first-order chi connectivity index (χ1) is 9.35. The first kappa shape index (κ1) is 16.9. The van der Waals surface area contributed by atoms with Crippen LogP contribution in [0.15, 0.2) is 0 Å². The number of carbonyl (C=O) groups is 3. The first-order valence-electron chi connectivity index (χ1n) is 6.01. The summed E-state index contributed by atoms with van der Waals surface area (Å²) < 4.78 is 20.8. The van der Waals surface area contributed by atoms with Gasteiger partial charge in [0, 0.05) is 27.9 Å². The van der Waals surface area contributed by atoms with Crippen LogP contribution in [-0.2, 0) is 33.3 Å². The van der Waals surface area contributed by atoms with E-state index in [1.165, 1.54) is 27.9 Å². The van der Waals surface area contributed by atoms with Crippen molar-refractivity contribution in [2.24, 2.45) is 0 Å². The predicted molar refractivity (Wildman–Crippen MR) is 69.9 cm³/mol. The van der Waals surface area contributed by atoms with E-state index in [-0.39, 0.29) is 11.7 Å². The van der Waals surface area contributed by atoms with Crippen LogP contribution < -0.4 is 0 Å². The second kappa shape index (κ2) is 7.61. The van der Waals surface area contributed by atoms with Crippen LogP contribution >= 0.6 is 11.8 Å². The van der Waals surface area contributed by atoms with Crippen molar-refractivity contribution in [2.75, 3.05) is 13.7 Å². The van der Waals surface area contributed by atoms with E-state index in [1.807, 2.05) is 0 Å².